The monoisotopic (exact) mass is 1180 g/mol. The molecule has 5 aromatic carbocycles. The second kappa shape index (κ2) is 25.1. The average molecular weight is 1180 g/mol. The lowest BCUT2D eigenvalue weighted by Gasteiger charge is -2.09. The number of benzene rings is 5. The molecular weight excluding hydrogens is 1130 g/mol. The van der Waals surface area contributed by atoms with Gasteiger partial charge in [0, 0.05) is 58.0 Å². The summed E-state index contributed by atoms with van der Waals surface area (Å²) in [6.45, 7) is 4.54. The van der Waals surface area contributed by atoms with Crippen LogP contribution in [0.5, 0.6) is 34.5 Å². The van der Waals surface area contributed by atoms with Crippen molar-refractivity contribution in [1.29, 1.82) is 0 Å². The Morgan fingerprint density at radius 3 is 1.81 bits per heavy atom. The zero-order chi connectivity index (χ0) is 52.2. The van der Waals surface area contributed by atoms with Crippen molar-refractivity contribution in [2.75, 3.05) is 42.1 Å². The number of aliphatic imine (C=N–C) groups is 1. The molecule has 7 aromatic rings. The van der Waals surface area contributed by atoms with Crippen molar-refractivity contribution >= 4 is 93.0 Å². The zero-order valence-electron chi connectivity index (χ0n) is 40.2. The fraction of sp³-hybridized carbons (Fsp3) is 0.269. The second-order valence-electron chi connectivity index (χ2n) is 16.1. The molecule has 378 valence electrons. The largest absolute Gasteiger partial charge is 0.504 e. The van der Waals surface area contributed by atoms with Crippen molar-refractivity contribution in [2.45, 2.75) is 52.1 Å². The van der Waals surface area contributed by atoms with Crippen LogP contribution in [0.3, 0.4) is 0 Å². The number of phenolic OH excluding ortho intramolecular Hbond substituents is 2. The third-order valence-electron chi connectivity index (χ3n) is 11.4. The minimum absolute atomic E-state index is 0.0224. The summed E-state index contributed by atoms with van der Waals surface area (Å²) >= 11 is 9.87. The molecule has 0 spiro atoms. The zero-order valence-corrected chi connectivity index (χ0v) is 45.0. The van der Waals surface area contributed by atoms with E-state index in [0.29, 0.717) is 44.1 Å². The van der Waals surface area contributed by atoms with Crippen LogP contribution in [-0.4, -0.2) is 83.2 Å². The van der Waals surface area contributed by atoms with Crippen LogP contribution in [0.4, 0.5) is 4.39 Å². The number of amides is 1. The first kappa shape index (κ1) is 54.6. The van der Waals surface area contributed by atoms with Crippen LogP contribution in [0.2, 0.25) is 0 Å². The summed E-state index contributed by atoms with van der Waals surface area (Å²) in [5.41, 5.74) is 9.00. The van der Waals surface area contributed by atoms with Crippen LogP contribution in [0.15, 0.2) is 107 Å². The molecule has 3 aliphatic rings. The van der Waals surface area contributed by atoms with Crippen molar-refractivity contribution in [2.24, 2.45) is 10.7 Å². The van der Waals surface area contributed by atoms with Crippen LogP contribution in [0.25, 0.3) is 33.5 Å². The number of primary amides is 1. The third-order valence-corrected chi connectivity index (χ3v) is 12.9. The van der Waals surface area contributed by atoms with Gasteiger partial charge in [-0.1, -0.05) is 47.8 Å². The number of rotatable bonds is 6. The Balaban J connectivity index is 0.000000158. The molecule has 10 rings (SSSR count). The lowest BCUT2D eigenvalue weighted by molar-refractivity contribution is 0.0996. The van der Waals surface area contributed by atoms with Crippen LogP contribution < -0.4 is 35.8 Å². The SMILES string of the molecule is COC1=NCCC1.COc1cc(/C=C2\CCn3c2nc(=O)c2cc(Br)ccc23)cc(C)c1O.COc1cc(OC)c(O)c(OC)c1.NC(=O)c1cc(Br)ccc1F.O=c1nc2n(c3ccc(Br)cc13)CCC2. The maximum atomic E-state index is 12.7. The maximum absolute atomic E-state index is 12.7. The number of halogens is 4. The fourth-order valence-corrected chi connectivity index (χ4v) is 8.98. The van der Waals surface area contributed by atoms with Gasteiger partial charge in [-0.3, -0.25) is 19.4 Å². The van der Waals surface area contributed by atoms with E-state index in [1.807, 2.05) is 55.5 Å². The molecule has 0 bridgehead atoms. The van der Waals surface area contributed by atoms with E-state index in [1.54, 1.807) is 25.3 Å². The Hall–Kier alpha value is -6.77. The summed E-state index contributed by atoms with van der Waals surface area (Å²) in [4.78, 5) is 47.2. The lowest BCUT2D eigenvalue weighted by Crippen LogP contribution is -2.14. The Kier molecular flexibility index (Phi) is 19.0. The van der Waals surface area contributed by atoms with Crippen LogP contribution in [0, 0.1) is 12.7 Å². The number of aromatic hydroxyl groups is 2. The Bertz CT molecular complexity index is 3300. The predicted octanol–water partition coefficient (Wildman–Crippen LogP) is 10.2. The lowest BCUT2D eigenvalue weighted by atomic mass is 10.1. The van der Waals surface area contributed by atoms with Crippen LogP contribution in [-0.2, 0) is 24.2 Å². The molecule has 4 N–H and O–H groups in total. The highest BCUT2D eigenvalue weighted by molar-refractivity contribution is 9.11. The number of phenols is 2. The van der Waals surface area contributed by atoms with Gasteiger partial charge in [0.25, 0.3) is 17.0 Å². The van der Waals surface area contributed by atoms with Gasteiger partial charge < -0.3 is 48.8 Å². The van der Waals surface area contributed by atoms with Gasteiger partial charge in [-0.15, -0.1) is 0 Å². The van der Waals surface area contributed by atoms with Crippen molar-refractivity contribution in [3.63, 3.8) is 0 Å². The molecule has 0 radical (unpaired) electrons. The number of aryl methyl sites for hydroxylation is 4. The summed E-state index contributed by atoms with van der Waals surface area (Å²) in [6.07, 6.45) is 7.01. The number of aromatic nitrogens is 4. The molecule has 1 amide bonds. The molecule has 5 heterocycles. The number of allylic oxidation sites excluding steroid dienone is 1. The average Bonchev–Trinajstić information content (AvgIpc) is 4.17. The van der Waals surface area contributed by atoms with Gasteiger partial charge in [-0.05, 0) is 116 Å². The molecule has 0 aliphatic carbocycles. The number of fused-ring (bicyclic) bond motifs is 6. The normalized spacial score (nSPS) is 13.4. The number of methoxy groups -OCH3 is 5. The standard InChI is InChI=1S/C20H17BrN2O3.C11H9BrN2O.C9H12O4.C7H5BrFNO.C5H9NO/c1-11-7-12(9-17(26-2)18(11)24)8-13-5-6-23-16-4-3-14(21)10-15(16)20(25)22-19(13)23;12-7-3-4-9-8(6-7)11(15)13-10-2-1-5-14(9)10;1-11-6-4-7(12-2)9(10)8(5-6)13-3;8-4-1-2-6(9)5(3-4)7(10)11;1-7-5-3-2-4-6-5/h3-4,7-10,24H,5-6H2,1-2H3;3-4,6H,1-2,5H2;4-5,10H,1-3H3;1-3H,(H2,10,11);2-4H2,1H3/b13-8+;;;;. The van der Waals surface area contributed by atoms with E-state index in [2.05, 4.69) is 71.9 Å². The number of hydrogen-bond acceptors (Lipinski definition) is 13. The first-order valence-corrected chi connectivity index (χ1v) is 24.7. The highest BCUT2D eigenvalue weighted by Gasteiger charge is 2.22. The van der Waals surface area contributed by atoms with E-state index < -0.39 is 11.7 Å². The molecule has 2 aromatic heterocycles. The van der Waals surface area contributed by atoms with Crippen molar-refractivity contribution in [3.05, 3.63) is 147 Å². The topological polar surface area (TPSA) is 212 Å². The van der Waals surface area contributed by atoms with E-state index >= 15 is 0 Å². The summed E-state index contributed by atoms with van der Waals surface area (Å²) in [7, 11) is 7.67. The predicted molar refractivity (Wildman–Crippen MR) is 287 cm³/mol. The number of hydrogen-bond donors (Lipinski definition) is 3. The molecule has 0 saturated heterocycles. The fourth-order valence-electron chi connectivity index (χ4n) is 7.89. The molecule has 3 aliphatic heterocycles. The third kappa shape index (κ3) is 13.2. The van der Waals surface area contributed by atoms with Crippen molar-refractivity contribution in [3.8, 4) is 34.5 Å². The molecule has 0 saturated carbocycles. The number of nitrogens with zero attached hydrogens (tertiary/aromatic N) is 5. The first-order valence-electron chi connectivity index (χ1n) is 22.3. The van der Waals surface area contributed by atoms with E-state index in [1.165, 1.54) is 53.1 Å². The number of ether oxygens (including phenoxy) is 5. The van der Waals surface area contributed by atoms with Crippen LogP contribution >= 0.6 is 47.8 Å². The second-order valence-corrected chi connectivity index (χ2v) is 18.8. The summed E-state index contributed by atoms with van der Waals surface area (Å²) in [5, 5.41) is 20.8. The van der Waals surface area contributed by atoms with E-state index in [9.17, 15) is 29.0 Å². The number of carbonyl (C=O) groups is 1. The van der Waals surface area contributed by atoms with E-state index in [-0.39, 0.29) is 28.2 Å². The quantitative estimate of drug-likeness (QED) is 0.142. The Morgan fingerprint density at radius 2 is 1.26 bits per heavy atom. The van der Waals surface area contributed by atoms with Gasteiger partial charge in [-0.25, -0.2) is 4.39 Å². The highest BCUT2D eigenvalue weighted by Crippen LogP contribution is 2.40. The summed E-state index contributed by atoms with van der Waals surface area (Å²) in [6, 6.07) is 22.4. The Morgan fingerprint density at radius 1 is 0.681 bits per heavy atom. The highest BCUT2D eigenvalue weighted by atomic mass is 79.9. The molecule has 0 fully saturated rings. The molecule has 72 heavy (non-hydrogen) atoms. The van der Waals surface area contributed by atoms with Gasteiger partial charge in [0.15, 0.2) is 28.9 Å². The maximum Gasteiger partial charge on any atom is 0.281 e. The molecule has 16 nitrogen and oxygen atoms in total. The minimum atomic E-state index is -0.760. The smallest absolute Gasteiger partial charge is 0.281 e. The van der Waals surface area contributed by atoms with Gasteiger partial charge in [-0.2, -0.15) is 9.97 Å². The van der Waals surface area contributed by atoms with Gasteiger partial charge in [0.05, 0.1) is 62.9 Å². The Labute approximate surface area is 439 Å². The van der Waals surface area contributed by atoms with Crippen molar-refractivity contribution < 1.29 is 43.1 Å². The number of nitrogens with two attached hydrogens (primary N) is 1. The number of carbonyl (C=O) groups excluding carboxylic acids is 1. The van der Waals surface area contributed by atoms with Gasteiger partial charge >= 0.3 is 0 Å². The molecule has 0 unspecified atom stereocenters. The van der Waals surface area contributed by atoms with Gasteiger partial charge in [0.2, 0.25) is 5.75 Å². The molecule has 20 heteroatoms. The van der Waals surface area contributed by atoms with Crippen LogP contribution in [0.1, 0.15) is 58.8 Å². The summed E-state index contributed by atoms with van der Waals surface area (Å²) < 4.78 is 44.3. The van der Waals surface area contributed by atoms with Gasteiger partial charge in [0.1, 0.15) is 23.2 Å². The molecule has 0 atom stereocenters. The van der Waals surface area contributed by atoms with E-state index in [4.69, 9.17) is 29.4 Å². The summed E-state index contributed by atoms with van der Waals surface area (Å²) in [5.74, 6) is 2.98. The minimum Gasteiger partial charge on any atom is -0.504 e. The first-order chi connectivity index (χ1) is 34.5. The molecular formula is C52H52Br3FN6O10. The van der Waals surface area contributed by atoms with E-state index in [0.717, 1.165) is 93.7 Å². The van der Waals surface area contributed by atoms with Crippen molar-refractivity contribution in [1.82, 2.24) is 19.1 Å².